The summed E-state index contributed by atoms with van der Waals surface area (Å²) >= 11 is 0. The molecule has 0 bridgehead atoms. The van der Waals surface area contributed by atoms with Gasteiger partial charge in [-0.25, -0.2) is 4.98 Å². The van der Waals surface area contributed by atoms with Crippen LogP contribution in [0.25, 0.3) is 161 Å². The van der Waals surface area contributed by atoms with Crippen LogP contribution in [-0.2, 0) is 0 Å². The van der Waals surface area contributed by atoms with Crippen LogP contribution in [0.2, 0.25) is 0 Å². The van der Waals surface area contributed by atoms with E-state index < -0.39 is 0 Å². The molecular weight excluding hydrogens is 945 g/mol. The van der Waals surface area contributed by atoms with E-state index in [1.165, 1.54) is 16.2 Å². The SMILES string of the molecule is c1ccc(-c2nc(-c3cccc4oc5ccc(-c6cccc7oc8cccc(-n9c%10ccccc%10c%10ccccc%109)c8c67)cc5c34)nc(-n3c4ccccc4c4ccc5c6ccccc6n(-c6ccccc6)c5c43)n2)cc1. The molecule has 0 unspecified atom stereocenters. The quantitative estimate of drug-likeness (QED) is 0.166. The van der Waals surface area contributed by atoms with E-state index in [4.69, 9.17) is 23.8 Å². The monoisotopic (exact) mass is 984 g/mol. The molecule has 17 rings (SSSR count). The van der Waals surface area contributed by atoms with E-state index in [9.17, 15) is 0 Å². The lowest BCUT2D eigenvalue weighted by atomic mass is 9.96. The van der Waals surface area contributed by atoms with Gasteiger partial charge < -0.3 is 18.0 Å². The molecule has 17 aromatic rings. The van der Waals surface area contributed by atoms with E-state index >= 15 is 0 Å². The van der Waals surface area contributed by atoms with E-state index in [0.29, 0.717) is 17.6 Å². The smallest absolute Gasteiger partial charge is 0.238 e. The number of fused-ring (bicyclic) bond motifs is 16. The van der Waals surface area contributed by atoms with Crippen molar-refractivity contribution in [2.75, 3.05) is 0 Å². The van der Waals surface area contributed by atoms with Crippen LogP contribution in [0.5, 0.6) is 0 Å². The molecule has 0 radical (unpaired) electrons. The molecule has 358 valence electrons. The van der Waals surface area contributed by atoms with Crippen LogP contribution in [0.3, 0.4) is 0 Å². The first-order chi connectivity index (χ1) is 38.2. The van der Waals surface area contributed by atoms with Gasteiger partial charge in [0.2, 0.25) is 5.95 Å². The van der Waals surface area contributed by atoms with E-state index in [1.807, 2.05) is 30.3 Å². The number of furan rings is 2. The van der Waals surface area contributed by atoms with Crippen LogP contribution in [0.4, 0.5) is 0 Å². The Balaban J connectivity index is 0.917. The molecule has 8 nitrogen and oxygen atoms in total. The summed E-state index contributed by atoms with van der Waals surface area (Å²) in [6, 6.07) is 85.3. The maximum atomic E-state index is 6.76. The molecule has 0 aliphatic carbocycles. The van der Waals surface area contributed by atoms with Crippen molar-refractivity contribution in [3.8, 4) is 51.2 Å². The average Bonchev–Trinajstić information content (AvgIpc) is 4.35. The third-order valence-electron chi connectivity index (χ3n) is 15.7. The molecule has 0 spiro atoms. The fourth-order valence-corrected chi connectivity index (χ4v) is 12.5. The van der Waals surface area contributed by atoms with Gasteiger partial charge in [0.1, 0.15) is 22.3 Å². The average molecular weight is 985 g/mol. The number of para-hydroxylation sites is 5. The zero-order valence-corrected chi connectivity index (χ0v) is 41.1. The topological polar surface area (TPSA) is 79.7 Å². The Morgan fingerprint density at radius 1 is 0.286 bits per heavy atom. The zero-order valence-electron chi connectivity index (χ0n) is 41.1. The van der Waals surface area contributed by atoms with Crippen molar-refractivity contribution in [1.82, 2.24) is 28.7 Å². The molecule has 0 saturated carbocycles. The zero-order chi connectivity index (χ0) is 50.3. The molecule has 11 aromatic carbocycles. The molecule has 6 heterocycles. The third kappa shape index (κ3) is 6.00. The first kappa shape index (κ1) is 41.9. The molecule has 8 heteroatoms. The molecule has 0 fully saturated rings. The normalized spacial score (nSPS) is 12.2. The fraction of sp³-hybridized carbons (Fsp3) is 0. The lowest BCUT2D eigenvalue weighted by molar-refractivity contribution is 0.668. The minimum atomic E-state index is 0.514. The van der Waals surface area contributed by atoms with Crippen LogP contribution in [0, 0.1) is 0 Å². The summed E-state index contributed by atoms with van der Waals surface area (Å²) < 4.78 is 20.5. The van der Waals surface area contributed by atoms with Gasteiger partial charge in [-0.15, -0.1) is 0 Å². The third-order valence-corrected chi connectivity index (χ3v) is 15.7. The van der Waals surface area contributed by atoms with Crippen molar-refractivity contribution >= 4 is 109 Å². The van der Waals surface area contributed by atoms with E-state index in [0.717, 1.165) is 127 Å². The van der Waals surface area contributed by atoms with Gasteiger partial charge in [-0.3, -0.25) is 4.57 Å². The van der Waals surface area contributed by atoms with Crippen LogP contribution >= 0.6 is 0 Å². The number of hydrogen-bond donors (Lipinski definition) is 0. The Hall–Kier alpha value is -10.6. The first-order valence-corrected chi connectivity index (χ1v) is 25.9. The Morgan fingerprint density at radius 3 is 1.47 bits per heavy atom. The van der Waals surface area contributed by atoms with E-state index in [-0.39, 0.29) is 0 Å². The van der Waals surface area contributed by atoms with Gasteiger partial charge >= 0.3 is 0 Å². The predicted octanol–water partition coefficient (Wildman–Crippen LogP) is 18.0. The van der Waals surface area contributed by atoms with Crippen molar-refractivity contribution in [2.45, 2.75) is 0 Å². The number of aromatic nitrogens is 6. The molecule has 0 atom stereocenters. The van der Waals surface area contributed by atoms with Crippen molar-refractivity contribution < 1.29 is 8.83 Å². The van der Waals surface area contributed by atoms with Gasteiger partial charge in [0, 0.05) is 65.3 Å². The van der Waals surface area contributed by atoms with Crippen molar-refractivity contribution in [3.63, 3.8) is 0 Å². The van der Waals surface area contributed by atoms with Gasteiger partial charge in [0.05, 0.1) is 44.2 Å². The highest BCUT2D eigenvalue weighted by Crippen LogP contribution is 2.46. The maximum Gasteiger partial charge on any atom is 0.238 e. The lowest BCUT2D eigenvalue weighted by Gasteiger charge is -2.13. The van der Waals surface area contributed by atoms with E-state index in [2.05, 4.69) is 226 Å². The summed E-state index contributed by atoms with van der Waals surface area (Å²) in [5.41, 5.74) is 15.6. The molecule has 0 aliphatic rings. The van der Waals surface area contributed by atoms with Crippen molar-refractivity contribution in [3.05, 3.63) is 243 Å². The fourth-order valence-electron chi connectivity index (χ4n) is 12.5. The van der Waals surface area contributed by atoms with Gasteiger partial charge in [-0.1, -0.05) is 170 Å². The van der Waals surface area contributed by atoms with Crippen molar-refractivity contribution in [1.29, 1.82) is 0 Å². The predicted molar refractivity (Wildman–Crippen MR) is 314 cm³/mol. The second kappa shape index (κ2) is 16.0. The largest absolute Gasteiger partial charge is 0.456 e. The highest BCUT2D eigenvalue weighted by molar-refractivity contribution is 6.24. The summed E-state index contributed by atoms with van der Waals surface area (Å²) in [7, 11) is 0. The minimum Gasteiger partial charge on any atom is -0.456 e. The van der Waals surface area contributed by atoms with Gasteiger partial charge in [0.25, 0.3) is 0 Å². The van der Waals surface area contributed by atoms with Gasteiger partial charge in [-0.2, -0.15) is 9.97 Å². The summed E-state index contributed by atoms with van der Waals surface area (Å²) in [5, 5.41) is 10.9. The van der Waals surface area contributed by atoms with Crippen LogP contribution < -0.4 is 0 Å². The standard InChI is InChI=1S/C69H40N6O2/c1-3-18-41(19-4-1)67-70-68(72-69(71-67)75-56-31-14-10-25-48(56)50-38-37-49-47-24-9-11-28-53(47)73(65(49)66(50)75)43-20-5-2-6-21-43)51-27-16-33-59-62(51)52-40-42(36-39-58(52)76-59)44-26-15-34-60-63(44)64-57(32-17-35-61(64)77-60)74-54-29-12-7-22-45(54)46-23-8-13-30-55(46)74/h1-40H. The number of rotatable bonds is 6. The lowest BCUT2D eigenvalue weighted by Crippen LogP contribution is -2.07. The second-order valence-corrected chi connectivity index (χ2v) is 19.8. The minimum absolute atomic E-state index is 0.514. The summed E-state index contributed by atoms with van der Waals surface area (Å²) in [4.78, 5) is 16.4. The van der Waals surface area contributed by atoms with E-state index in [1.54, 1.807) is 0 Å². The Bertz CT molecular complexity index is 5240. The second-order valence-electron chi connectivity index (χ2n) is 19.8. The summed E-state index contributed by atoms with van der Waals surface area (Å²) in [5.74, 6) is 1.61. The molecule has 0 saturated heterocycles. The molecule has 6 aromatic heterocycles. The molecule has 77 heavy (non-hydrogen) atoms. The highest BCUT2D eigenvalue weighted by Gasteiger charge is 2.26. The van der Waals surface area contributed by atoms with Crippen molar-refractivity contribution in [2.24, 2.45) is 0 Å². The first-order valence-electron chi connectivity index (χ1n) is 25.9. The number of benzene rings is 11. The number of hydrogen-bond acceptors (Lipinski definition) is 5. The Morgan fingerprint density at radius 2 is 0.792 bits per heavy atom. The molecule has 0 amide bonds. The molecule has 0 aliphatic heterocycles. The molecular formula is C69H40N6O2. The maximum absolute atomic E-state index is 6.76. The van der Waals surface area contributed by atoms with Gasteiger partial charge in [0.15, 0.2) is 11.6 Å². The Labute approximate surface area is 438 Å². The Kier molecular flexibility index (Phi) is 8.68. The summed E-state index contributed by atoms with van der Waals surface area (Å²) in [6.45, 7) is 0. The summed E-state index contributed by atoms with van der Waals surface area (Å²) in [6.07, 6.45) is 0. The molecule has 0 N–H and O–H groups in total. The van der Waals surface area contributed by atoms with Crippen LogP contribution in [0.15, 0.2) is 251 Å². The van der Waals surface area contributed by atoms with Crippen LogP contribution in [-0.4, -0.2) is 28.7 Å². The van der Waals surface area contributed by atoms with Crippen LogP contribution in [0.1, 0.15) is 0 Å². The number of nitrogens with zero attached hydrogens (tertiary/aromatic N) is 6. The highest BCUT2D eigenvalue weighted by atomic mass is 16.3. The van der Waals surface area contributed by atoms with Gasteiger partial charge in [-0.05, 0) is 83.9 Å².